The molecule has 0 bridgehead atoms. The van der Waals surface area contributed by atoms with Gasteiger partial charge in [-0.25, -0.2) is 8.42 Å². The number of amides is 1. The minimum Gasteiger partial charge on any atom is -0.369 e. The molecule has 0 radical (unpaired) electrons. The molecular formula is C15H20N2O3S. The molecule has 3 rings (SSSR count). The van der Waals surface area contributed by atoms with Crippen molar-refractivity contribution in [1.82, 2.24) is 0 Å². The molecule has 2 N–H and O–H groups in total. The van der Waals surface area contributed by atoms with Crippen LogP contribution in [-0.4, -0.2) is 26.1 Å². The fourth-order valence-electron chi connectivity index (χ4n) is 3.23. The lowest BCUT2D eigenvalue weighted by molar-refractivity contribution is -0.121. The van der Waals surface area contributed by atoms with Crippen LogP contribution in [0.5, 0.6) is 0 Å². The van der Waals surface area contributed by atoms with Crippen LogP contribution in [0.2, 0.25) is 0 Å². The first-order valence-electron chi connectivity index (χ1n) is 7.24. The lowest BCUT2D eigenvalue weighted by Gasteiger charge is -2.43. The predicted molar refractivity (Wildman–Crippen MR) is 82.2 cm³/mol. The molecular weight excluding hydrogens is 288 g/mol. The maximum atomic E-state index is 12.6. The molecule has 0 unspecified atom stereocenters. The third-order valence-corrected chi connectivity index (χ3v) is 5.74. The lowest BCUT2D eigenvalue weighted by Crippen LogP contribution is -2.54. The number of para-hydroxylation sites is 1. The lowest BCUT2D eigenvalue weighted by atomic mass is 9.75. The summed E-state index contributed by atoms with van der Waals surface area (Å²) >= 11 is 0. The first-order valence-corrected chi connectivity index (χ1v) is 9.14. The summed E-state index contributed by atoms with van der Waals surface area (Å²) in [5.74, 6) is 0.520. The summed E-state index contributed by atoms with van der Waals surface area (Å²) in [5.41, 5.74) is 0.497. The molecule has 21 heavy (non-hydrogen) atoms. The van der Waals surface area contributed by atoms with Gasteiger partial charge >= 0.3 is 0 Å². The molecule has 1 amide bonds. The molecule has 5 nitrogen and oxygen atoms in total. The van der Waals surface area contributed by atoms with Crippen molar-refractivity contribution in [2.45, 2.75) is 43.0 Å². The Balaban J connectivity index is 2.02. The minimum atomic E-state index is -3.37. The highest BCUT2D eigenvalue weighted by molar-refractivity contribution is 7.90. The Morgan fingerprint density at radius 2 is 1.90 bits per heavy atom. The summed E-state index contributed by atoms with van der Waals surface area (Å²) in [5, 5.41) is 6.15. The first kappa shape index (κ1) is 14.4. The molecule has 0 atom stereocenters. The van der Waals surface area contributed by atoms with Crippen molar-refractivity contribution in [2.75, 3.05) is 16.9 Å². The summed E-state index contributed by atoms with van der Waals surface area (Å²) in [6.45, 7) is 2.20. The van der Waals surface area contributed by atoms with E-state index in [1.807, 2.05) is 6.07 Å². The monoisotopic (exact) mass is 308 g/mol. The average molecular weight is 308 g/mol. The Hall–Kier alpha value is -1.56. The van der Waals surface area contributed by atoms with Crippen LogP contribution in [0.3, 0.4) is 0 Å². The van der Waals surface area contributed by atoms with Crippen molar-refractivity contribution in [2.24, 2.45) is 5.92 Å². The van der Waals surface area contributed by atoms with Gasteiger partial charge in [-0.05, 0) is 43.7 Å². The third kappa shape index (κ3) is 2.41. The van der Waals surface area contributed by atoms with Crippen molar-refractivity contribution >= 4 is 27.1 Å². The van der Waals surface area contributed by atoms with E-state index in [1.165, 1.54) is 6.07 Å². The maximum Gasteiger partial charge on any atom is 0.250 e. The highest BCUT2D eigenvalue weighted by Gasteiger charge is 2.44. The van der Waals surface area contributed by atoms with E-state index in [9.17, 15) is 13.2 Å². The number of anilines is 2. The second kappa shape index (κ2) is 4.73. The minimum absolute atomic E-state index is 0.113. The van der Waals surface area contributed by atoms with Gasteiger partial charge in [-0.1, -0.05) is 13.0 Å². The van der Waals surface area contributed by atoms with Gasteiger partial charge in [0.15, 0.2) is 9.84 Å². The summed E-state index contributed by atoms with van der Waals surface area (Å²) < 4.78 is 23.7. The van der Waals surface area contributed by atoms with Crippen LogP contribution >= 0.6 is 0 Å². The van der Waals surface area contributed by atoms with E-state index in [0.717, 1.165) is 31.9 Å². The van der Waals surface area contributed by atoms with Crippen LogP contribution in [-0.2, 0) is 14.6 Å². The molecule has 1 aromatic rings. The molecule has 1 heterocycles. The predicted octanol–water partition coefficient (Wildman–Crippen LogP) is 2.40. The molecule has 0 saturated heterocycles. The largest absolute Gasteiger partial charge is 0.369 e. The van der Waals surface area contributed by atoms with Gasteiger partial charge in [0.2, 0.25) is 5.91 Å². The number of carbonyl (C=O) groups is 1. The van der Waals surface area contributed by atoms with E-state index in [-0.39, 0.29) is 10.8 Å². The van der Waals surface area contributed by atoms with Gasteiger partial charge in [-0.2, -0.15) is 0 Å². The van der Waals surface area contributed by atoms with Crippen molar-refractivity contribution in [3.05, 3.63) is 18.2 Å². The van der Waals surface area contributed by atoms with E-state index in [1.54, 1.807) is 6.07 Å². The molecule has 114 valence electrons. The van der Waals surface area contributed by atoms with Crippen molar-refractivity contribution in [3.63, 3.8) is 0 Å². The standard InChI is InChI=1S/C15H20N2O3S/c1-10-6-8-15(9-7-10)14(18)16-13-11(17-15)4-3-5-12(13)21(2,19)20/h3-5,10,17H,6-9H2,1-2H3,(H,16,18). The fraction of sp³-hybridized carbons (Fsp3) is 0.533. The summed E-state index contributed by atoms with van der Waals surface area (Å²) in [7, 11) is -3.37. The Morgan fingerprint density at radius 1 is 1.24 bits per heavy atom. The summed E-state index contributed by atoms with van der Waals surface area (Å²) in [6, 6.07) is 5.05. The molecule has 0 aromatic heterocycles. The van der Waals surface area contributed by atoms with Gasteiger partial charge in [0.25, 0.3) is 0 Å². The average Bonchev–Trinajstić information content (AvgIpc) is 2.41. The van der Waals surface area contributed by atoms with Crippen LogP contribution in [0.4, 0.5) is 11.4 Å². The summed E-state index contributed by atoms with van der Waals surface area (Å²) in [6.07, 6.45) is 4.72. The zero-order chi connectivity index (χ0) is 15.3. The first-order chi connectivity index (χ1) is 9.82. The topological polar surface area (TPSA) is 75.3 Å². The number of hydrogen-bond acceptors (Lipinski definition) is 4. The highest BCUT2D eigenvalue weighted by atomic mass is 32.2. The number of benzene rings is 1. The van der Waals surface area contributed by atoms with Crippen LogP contribution < -0.4 is 10.6 Å². The molecule has 1 saturated carbocycles. The summed E-state index contributed by atoms with van der Waals surface area (Å²) in [4.78, 5) is 12.7. The SMILES string of the molecule is CC1CCC2(CC1)Nc1cccc(S(C)(=O)=O)c1NC2=O. The zero-order valence-corrected chi connectivity index (χ0v) is 13.1. The van der Waals surface area contributed by atoms with Crippen molar-refractivity contribution in [1.29, 1.82) is 0 Å². The van der Waals surface area contributed by atoms with Gasteiger partial charge in [0.05, 0.1) is 16.3 Å². The Kier molecular flexibility index (Phi) is 3.24. The van der Waals surface area contributed by atoms with Crippen LogP contribution in [0, 0.1) is 5.92 Å². The van der Waals surface area contributed by atoms with E-state index in [0.29, 0.717) is 17.3 Å². The second-order valence-electron chi connectivity index (χ2n) is 6.29. The number of nitrogens with one attached hydrogen (secondary N) is 2. The normalized spacial score (nSPS) is 28.7. The zero-order valence-electron chi connectivity index (χ0n) is 12.3. The maximum absolute atomic E-state index is 12.6. The van der Waals surface area contributed by atoms with Crippen LogP contribution in [0.15, 0.2) is 23.1 Å². The number of fused-ring (bicyclic) bond motifs is 1. The van der Waals surface area contributed by atoms with E-state index < -0.39 is 15.4 Å². The van der Waals surface area contributed by atoms with E-state index >= 15 is 0 Å². The smallest absolute Gasteiger partial charge is 0.250 e. The van der Waals surface area contributed by atoms with Crippen molar-refractivity contribution in [3.8, 4) is 0 Å². The molecule has 1 aromatic carbocycles. The second-order valence-corrected chi connectivity index (χ2v) is 8.28. The van der Waals surface area contributed by atoms with Gasteiger partial charge in [0.1, 0.15) is 5.54 Å². The highest BCUT2D eigenvalue weighted by Crippen LogP contribution is 2.42. The van der Waals surface area contributed by atoms with Crippen molar-refractivity contribution < 1.29 is 13.2 Å². The Morgan fingerprint density at radius 3 is 2.52 bits per heavy atom. The Labute approximate surface area is 125 Å². The molecule has 6 heteroatoms. The van der Waals surface area contributed by atoms with Crippen LogP contribution in [0.1, 0.15) is 32.6 Å². The van der Waals surface area contributed by atoms with Gasteiger partial charge in [-0.3, -0.25) is 4.79 Å². The van der Waals surface area contributed by atoms with Gasteiger partial charge in [-0.15, -0.1) is 0 Å². The van der Waals surface area contributed by atoms with Gasteiger partial charge in [0, 0.05) is 6.26 Å². The number of hydrogen-bond donors (Lipinski definition) is 2. The quantitative estimate of drug-likeness (QED) is 0.835. The number of rotatable bonds is 1. The number of sulfone groups is 1. The Bertz CT molecular complexity index is 689. The molecule has 1 aliphatic carbocycles. The van der Waals surface area contributed by atoms with E-state index in [4.69, 9.17) is 0 Å². The fourth-order valence-corrected chi connectivity index (χ4v) is 4.09. The van der Waals surface area contributed by atoms with E-state index in [2.05, 4.69) is 17.6 Å². The molecule has 1 spiro atoms. The molecule has 2 aliphatic rings. The molecule has 1 aliphatic heterocycles. The van der Waals surface area contributed by atoms with Crippen LogP contribution in [0.25, 0.3) is 0 Å². The molecule has 1 fully saturated rings. The van der Waals surface area contributed by atoms with Gasteiger partial charge < -0.3 is 10.6 Å². The number of carbonyl (C=O) groups excluding carboxylic acids is 1. The third-order valence-electron chi connectivity index (χ3n) is 4.60.